The van der Waals surface area contributed by atoms with Gasteiger partial charge in [-0.2, -0.15) is 5.26 Å². The Bertz CT molecular complexity index is 463. The smallest absolute Gasteiger partial charge is 0.144 e. The van der Waals surface area contributed by atoms with Crippen molar-refractivity contribution >= 4 is 5.82 Å². The highest BCUT2D eigenvalue weighted by Gasteiger charge is 2.10. The van der Waals surface area contributed by atoms with Crippen molar-refractivity contribution in [1.29, 1.82) is 5.26 Å². The first-order chi connectivity index (χ1) is 7.58. The Morgan fingerprint density at radius 1 is 1.56 bits per heavy atom. The fourth-order valence-electron chi connectivity index (χ4n) is 1.54. The van der Waals surface area contributed by atoms with Crippen LogP contribution in [0.5, 0.6) is 0 Å². The monoisotopic (exact) mass is 213 g/mol. The van der Waals surface area contributed by atoms with Gasteiger partial charge in [0.25, 0.3) is 0 Å². The maximum absolute atomic E-state index is 9.06. The summed E-state index contributed by atoms with van der Waals surface area (Å²) in [4.78, 5) is 4.32. The molecule has 1 aromatic rings. The normalized spacial score (nSPS) is 11.3. The van der Waals surface area contributed by atoms with Crippen LogP contribution in [0.15, 0.2) is 6.07 Å². The molecule has 0 saturated heterocycles. The van der Waals surface area contributed by atoms with Crippen molar-refractivity contribution in [2.24, 2.45) is 0 Å². The van der Waals surface area contributed by atoms with E-state index in [0.717, 1.165) is 11.3 Å². The van der Waals surface area contributed by atoms with Gasteiger partial charge in [-0.1, -0.05) is 0 Å². The number of nitrogens with one attached hydrogen (secondary N) is 1. The number of pyridine rings is 1. The van der Waals surface area contributed by atoms with E-state index in [9.17, 15) is 0 Å². The van der Waals surface area contributed by atoms with Gasteiger partial charge in [-0.3, -0.25) is 0 Å². The predicted octanol–water partition coefficient (Wildman–Crippen LogP) is 2.39. The van der Waals surface area contributed by atoms with Crippen LogP contribution in [0.1, 0.15) is 30.2 Å². The molecule has 1 heterocycles. The maximum atomic E-state index is 9.06. The van der Waals surface area contributed by atoms with Crippen LogP contribution in [0.2, 0.25) is 0 Å². The number of aromatic nitrogens is 1. The van der Waals surface area contributed by atoms with Crippen LogP contribution in [0.4, 0.5) is 5.82 Å². The van der Waals surface area contributed by atoms with E-state index in [2.05, 4.69) is 22.3 Å². The Balaban J connectivity index is 3.04. The van der Waals surface area contributed by atoms with Gasteiger partial charge in [0.1, 0.15) is 11.9 Å². The molecule has 0 spiro atoms. The zero-order valence-electron chi connectivity index (χ0n) is 9.83. The lowest BCUT2D eigenvalue weighted by atomic mass is 10.1. The van der Waals surface area contributed by atoms with E-state index in [1.54, 1.807) is 0 Å². The maximum Gasteiger partial charge on any atom is 0.144 e. The molecule has 1 unspecified atom stereocenters. The minimum Gasteiger partial charge on any atom is -0.366 e. The third kappa shape index (κ3) is 2.74. The molecule has 1 atom stereocenters. The summed E-state index contributed by atoms with van der Waals surface area (Å²) >= 11 is 0. The second-order valence-corrected chi connectivity index (χ2v) is 3.87. The fourth-order valence-corrected chi connectivity index (χ4v) is 1.54. The average molecular weight is 213 g/mol. The molecule has 0 aliphatic carbocycles. The second-order valence-electron chi connectivity index (χ2n) is 3.87. The number of anilines is 1. The Hall–Kier alpha value is -2.00. The number of nitrogens with zero attached hydrogens (tertiary/aromatic N) is 2. The minimum absolute atomic E-state index is 0.116. The third-order valence-electron chi connectivity index (χ3n) is 2.26. The van der Waals surface area contributed by atoms with E-state index < -0.39 is 0 Å². The van der Waals surface area contributed by atoms with Crippen LogP contribution in [0.25, 0.3) is 0 Å². The lowest BCUT2D eigenvalue weighted by Crippen LogP contribution is -2.16. The van der Waals surface area contributed by atoms with E-state index in [1.165, 1.54) is 0 Å². The molecular formula is C13H15N3. The number of nitriles is 1. The van der Waals surface area contributed by atoms with Crippen LogP contribution >= 0.6 is 0 Å². The van der Waals surface area contributed by atoms with Crippen molar-refractivity contribution in [3.8, 4) is 18.4 Å². The van der Waals surface area contributed by atoms with Gasteiger partial charge in [-0.15, -0.1) is 12.3 Å². The fraction of sp³-hybridized carbons (Fsp3) is 0.385. The van der Waals surface area contributed by atoms with Gasteiger partial charge < -0.3 is 5.32 Å². The molecule has 0 aliphatic rings. The van der Waals surface area contributed by atoms with Crippen molar-refractivity contribution in [3.63, 3.8) is 0 Å². The van der Waals surface area contributed by atoms with Crippen molar-refractivity contribution < 1.29 is 0 Å². The first-order valence-corrected chi connectivity index (χ1v) is 5.16. The van der Waals surface area contributed by atoms with Gasteiger partial charge in [0.05, 0.1) is 5.56 Å². The zero-order chi connectivity index (χ0) is 12.1. The lowest BCUT2D eigenvalue weighted by molar-refractivity contribution is 0.819. The Labute approximate surface area is 96.5 Å². The summed E-state index contributed by atoms with van der Waals surface area (Å²) in [5.41, 5.74) is 2.42. The first-order valence-electron chi connectivity index (χ1n) is 5.16. The number of hydrogen-bond donors (Lipinski definition) is 1. The lowest BCUT2D eigenvalue weighted by Gasteiger charge is -2.14. The third-order valence-corrected chi connectivity index (χ3v) is 2.26. The van der Waals surface area contributed by atoms with Crippen LogP contribution < -0.4 is 5.32 Å². The summed E-state index contributed by atoms with van der Waals surface area (Å²) in [6, 6.07) is 4.18. The topological polar surface area (TPSA) is 48.7 Å². The summed E-state index contributed by atoms with van der Waals surface area (Å²) in [7, 11) is 0. The van der Waals surface area contributed by atoms with E-state index in [1.807, 2.05) is 26.8 Å². The molecule has 0 aromatic carbocycles. The van der Waals surface area contributed by atoms with E-state index >= 15 is 0 Å². The van der Waals surface area contributed by atoms with Crippen LogP contribution in [0, 0.1) is 37.5 Å². The molecule has 3 heteroatoms. The zero-order valence-corrected chi connectivity index (χ0v) is 9.83. The molecular weight excluding hydrogens is 198 g/mol. The van der Waals surface area contributed by atoms with Crippen molar-refractivity contribution in [3.05, 3.63) is 22.9 Å². The molecule has 0 saturated carbocycles. The quantitative estimate of drug-likeness (QED) is 0.784. The molecule has 1 aromatic heterocycles. The van der Waals surface area contributed by atoms with Gasteiger partial charge in [-0.05, 0) is 32.4 Å². The Morgan fingerprint density at radius 2 is 2.25 bits per heavy atom. The molecule has 0 amide bonds. The van der Waals surface area contributed by atoms with Crippen molar-refractivity contribution in [2.75, 3.05) is 5.32 Å². The van der Waals surface area contributed by atoms with E-state index in [4.69, 9.17) is 11.7 Å². The summed E-state index contributed by atoms with van der Waals surface area (Å²) in [5, 5.41) is 12.2. The number of rotatable bonds is 3. The van der Waals surface area contributed by atoms with Gasteiger partial charge in [0, 0.05) is 18.2 Å². The molecule has 0 radical (unpaired) electrons. The average Bonchev–Trinajstić information content (AvgIpc) is 2.17. The SMILES string of the molecule is C#CCC(C)Nc1nc(C)cc(C)c1C#N. The Kier molecular flexibility index (Phi) is 3.91. The highest BCUT2D eigenvalue weighted by atomic mass is 15.0. The number of hydrogen-bond acceptors (Lipinski definition) is 3. The molecule has 0 bridgehead atoms. The molecule has 1 N–H and O–H groups in total. The van der Waals surface area contributed by atoms with Crippen LogP contribution in [0.3, 0.4) is 0 Å². The van der Waals surface area contributed by atoms with Crippen molar-refractivity contribution in [2.45, 2.75) is 33.2 Å². The summed E-state index contributed by atoms with van der Waals surface area (Å²) in [6.07, 6.45) is 5.85. The predicted molar refractivity (Wildman–Crippen MR) is 65.0 cm³/mol. The van der Waals surface area contributed by atoms with Gasteiger partial charge in [0.15, 0.2) is 0 Å². The van der Waals surface area contributed by atoms with Gasteiger partial charge in [-0.25, -0.2) is 4.98 Å². The molecule has 0 aliphatic heterocycles. The summed E-state index contributed by atoms with van der Waals surface area (Å²) in [5.74, 6) is 3.21. The highest BCUT2D eigenvalue weighted by molar-refractivity contribution is 5.56. The molecule has 82 valence electrons. The van der Waals surface area contributed by atoms with E-state index in [0.29, 0.717) is 17.8 Å². The van der Waals surface area contributed by atoms with Gasteiger partial charge in [0.2, 0.25) is 0 Å². The van der Waals surface area contributed by atoms with E-state index in [-0.39, 0.29) is 6.04 Å². The molecule has 1 rings (SSSR count). The molecule has 16 heavy (non-hydrogen) atoms. The largest absolute Gasteiger partial charge is 0.366 e. The first kappa shape index (κ1) is 12.1. The van der Waals surface area contributed by atoms with Crippen LogP contribution in [-0.4, -0.2) is 11.0 Å². The number of terminal acetylenes is 1. The standard InChI is InChI=1S/C13H15N3/c1-5-6-10(3)15-13-12(8-14)9(2)7-11(4)16-13/h1,7,10H,6H2,2-4H3,(H,15,16). The summed E-state index contributed by atoms with van der Waals surface area (Å²) < 4.78 is 0. The number of aryl methyl sites for hydroxylation is 2. The molecule has 3 nitrogen and oxygen atoms in total. The van der Waals surface area contributed by atoms with Gasteiger partial charge >= 0.3 is 0 Å². The Morgan fingerprint density at radius 3 is 2.81 bits per heavy atom. The summed E-state index contributed by atoms with van der Waals surface area (Å²) in [6.45, 7) is 5.79. The molecule has 0 fully saturated rings. The van der Waals surface area contributed by atoms with Crippen molar-refractivity contribution in [1.82, 2.24) is 4.98 Å². The highest BCUT2D eigenvalue weighted by Crippen LogP contribution is 2.18. The van der Waals surface area contributed by atoms with Crippen LogP contribution in [-0.2, 0) is 0 Å². The minimum atomic E-state index is 0.116. The second kappa shape index (κ2) is 5.19.